The van der Waals surface area contributed by atoms with E-state index in [1.807, 2.05) is 68.8 Å². The maximum Gasteiger partial charge on any atom is 0.361 e. The Morgan fingerprint density at radius 2 is 1.50 bits per heavy atom. The number of rotatable bonds is 9. The number of methoxy groups -OCH3 is 2. The van der Waals surface area contributed by atoms with Crippen molar-refractivity contribution < 1.29 is 23.4 Å². The molecule has 34 heavy (non-hydrogen) atoms. The predicted molar refractivity (Wildman–Crippen MR) is 133 cm³/mol. The molecule has 0 fully saturated rings. The predicted octanol–water partition coefficient (Wildman–Crippen LogP) is 5.58. The number of nitrogens with zero attached hydrogens (tertiary/aromatic N) is 1. The Morgan fingerprint density at radius 1 is 0.824 bits per heavy atom. The lowest BCUT2D eigenvalue weighted by Crippen LogP contribution is -2.10. The standard InChI is InChI=1S/C27H31NO6/c1-16(2)32-24-13-18(7-8-21(24)30-5)9-11-28-12-10-19-20-14-23(31-6)25(33-17(3)4)15-22(20)34-27(29)26(19)28/h7-8,10,12-17H,9,11H2,1-6H3. The third kappa shape index (κ3) is 4.69. The number of hydrogen-bond acceptors (Lipinski definition) is 6. The third-order valence-electron chi connectivity index (χ3n) is 5.51. The van der Waals surface area contributed by atoms with Crippen molar-refractivity contribution in [3.8, 4) is 23.0 Å². The van der Waals surface area contributed by atoms with Crippen LogP contribution in [0, 0.1) is 0 Å². The summed E-state index contributed by atoms with van der Waals surface area (Å²) >= 11 is 0. The van der Waals surface area contributed by atoms with Gasteiger partial charge in [-0.15, -0.1) is 0 Å². The van der Waals surface area contributed by atoms with Crippen molar-refractivity contribution in [1.82, 2.24) is 4.57 Å². The highest BCUT2D eigenvalue weighted by molar-refractivity contribution is 6.04. The van der Waals surface area contributed by atoms with Gasteiger partial charge in [0, 0.05) is 29.6 Å². The maximum absolute atomic E-state index is 12.9. The van der Waals surface area contributed by atoms with Gasteiger partial charge in [-0.25, -0.2) is 4.79 Å². The molecular formula is C27H31NO6. The monoisotopic (exact) mass is 465 g/mol. The summed E-state index contributed by atoms with van der Waals surface area (Å²) in [5.74, 6) is 2.56. The molecule has 0 unspecified atom stereocenters. The number of aryl methyl sites for hydroxylation is 2. The SMILES string of the molecule is COc1ccc(CCn2ccc3c4cc(OC)c(OC(C)C)cc4oc(=O)c32)cc1OC(C)C. The van der Waals surface area contributed by atoms with Gasteiger partial charge in [0.1, 0.15) is 11.1 Å². The van der Waals surface area contributed by atoms with Crippen molar-refractivity contribution in [2.45, 2.75) is 52.9 Å². The van der Waals surface area contributed by atoms with E-state index in [0.29, 0.717) is 47.1 Å². The number of benzene rings is 2. The lowest BCUT2D eigenvalue weighted by atomic mass is 10.1. The highest BCUT2D eigenvalue weighted by atomic mass is 16.5. The zero-order valence-corrected chi connectivity index (χ0v) is 20.5. The number of aromatic nitrogens is 1. The molecule has 0 bridgehead atoms. The minimum Gasteiger partial charge on any atom is -0.493 e. The minimum absolute atomic E-state index is 0.0349. The summed E-state index contributed by atoms with van der Waals surface area (Å²) < 4.78 is 30.3. The van der Waals surface area contributed by atoms with Crippen molar-refractivity contribution in [3.63, 3.8) is 0 Å². The van der Waals surface area contributed by atoms with Gasteiger partial charge in [0.25, 0.3) is 0 Å². The van der Waals surface area contributed by atoms with E-state index in [0.717, 1.165) is 16.3 Å². The van der Waals surface area contributed by atoms with E-state index in [-0.39, 0.29) is 17.8 Å². The molecule has 2 aromatic carbocycles. The summed E-state index contributed by atoms with van der Waals surface area (Å²) in [4.78, 5) is 12.9. The van der Waals surface area contributed by atoms with Crippen LogP contribution < -0.4 is 24.6 Å². The summed E-state index contributed by atoms with van der Waals surface area (Å²) in [6.07, 6.45) is 2.64. The molecule has 0 radical (unpaired) electrons. The van der Waals surface area contributed by atoms with Crippen LogP contribution in [0.2, 0.25) is 0 Å². The van der Waals surface area contributed by atoms with Crippen LogP contribution in [0.25, 0.3) is 21.9 Å². The average Bonchev–Trinajstić information content (AvgIpc) is 3.22. The Bertz CT molecular complexity index is 1370. The van der Waals surface area contributed by atoms with E-state index in [4.69, 9.17) is 23.4 Å². The smallest absolute Gasteiger partial charge is 0.361 e. The van der Waals surface area contributed by atoms with Crippen LogP contribution in [0.1, 0.15) is 33.3 Å². The zero-order valence-electron chi connectivity index (χ0n) is 20.5. The Labute approximate surface area is 198 Å². The summed E-state index contributed by atoms with van der Waals surface area (Å²) in [5.41, 5.74) is 1.70. The first-order valence-corrected chi connectivity index (χ1v) is 11.4. The maximum atomic E-state index is 12.9. The highest BCUT2D eigenvalue weighted by Crippen LogP contribution is 2.36. The molecule has 0 aliphatic heterocycles. The van der Waals surface area contributed by atoms with E-state index in [2.05, 4.69) is 0 Å². The van der Waals surface area contributed by atoms with Crippen LogP contribution in [-0.4, -0.2) is 31.0 Å². The molecule has 0 spiro atoms. The number of ether oxygens (including phenoxy) is 4. The molecule has 0 aliphatic rings. The first-order valence-electron chi connectivity index (χ1n) is 11.4. The molecule has 7 heteroatoms. The van der Waals surface area contributed by atoms with E-state index in [1.165, 1.54) is 0 Å². The minimum atomic E-state index is -0.383. The van der Waals surface area contributed by atoms with Crippen molar-refractivity contribution in [3.05, 3.63) is 58.6 Å². The molecule has 4 aromatic rings. The van der Waals surface area contributed by atoms with E-state index in [9.17, 15) is 4.79 Å². The largest absolute Gasteiger partial charge is 0.493 e. The molecule has 0 N–H and O–H groups in total. The average molecular weight is 466 g/mol. The van der Waals surface area contributed by atoms with Crippen LogP contribution in [-0.2, 0) is 13.0 Å². The lowest BCUT2D eigenvalue weighted by Gasteiger charge is -2.15. The fourth-order valence-electron chi connectivity index (χ4n) is 4.07. The molecule has 4 rings (SSSR count). The molecule has 2 aromatic heterocycles. The van der Waals surface area contributed by atoms with Gasteiger partial charge < -0.3 is 27.9 Å². The Balaban J connectivity index is 1.68. The second kappa shape index (κ2) is 9.71. The van der Waals surface area contributed by atoms with Crippen LogP contribution in [0.15, 0.2) is 51.8 Å². The van der Waals surface area contributed by atoms with Gasteiger partial charge in [0.2, 0.25) is 0 Å². The summed E-state index contributed by atoms with van der Waals surface area (Å²) in [6, 6.07) is 11.4. The first kappa shape index (κ1) is 23.5. The molecule has 0 saturated heterocycles. The summed E-state index contributed by atoms with van der Waals surface area (Å²) in [7, 11) is 3.23. The Kier molecular flexibility index (Phi) is 6.72. The molecule has 0 atom stereocenters. The summed E-state index contributed by atoms with van der Waals surface area (Å²) in [6.45, 7) is 8.44. The second-order valence-corrected chi connectivity index (χ2v) is 8.73. The second-order valence-electron chi connectivity index (χ2n) is 8.73. The van der Waals surface area contributed by atoms with Crippen LogP contribution >= 0.6 is 0 Å². The molecule has 7 nitrogen and oxygen atoms in total. The number of hydrogen-bond donors (Lipinski definition) is 0. The fourth-order valence-corrected chi connectivity index (χ4v) is 4.07. The Hall–Kier alpha value is -3.61. The third-order valence-corrected chi connectivity index (χ3v) is 5.51. The van der Waals surface area contributed by atoms with E-state index >= 15 is 0 Å². The normalized spacial score (nSPS) is 11.5. The molecule has 180 valence electrons. The van der Waals surface area contributed by atoms with Crippen molar-refractivity contribution >= 4 is 21.9 Å². The van der Waals surface area contributed by atoms with Gasteiger partial charge in [-0.2, -0.15) is 0 Å². The zero-order chi connectivity index (χ0) is 24.4. The number of fused-ring (bicyclic) bond motifs is 3. The van der Waals surface area contributed by atoms with Crippen molar-refractivity contribution in [1.29, 1.82) is 0 Å². The van der Waals surface area contributed by atoms with Gasteiger partial charge in [-0.1, -0.05) is 6.07 Å². The van der Waals surface area contributed by atoms with Gasteiger partial charge in [0.15, 0.2) is 23.0 Å². The molecule has 0 aliphatic carbocycles. The van der Waals surface area contributed by atoms with Crippen LogP contribution in [0.4, 0.5) is 0 Å². The molecule has 0 amide bonds. The van der Waals surface area contributed by atoms with Gasteiger partial charge in [0.05, 0.1) is 26.4 Å². The first-order chi connectivity index (χ1) is 16.3. The molecule has 0 saturated carbocycles. The molecular weight excluding hydrogens is 434 g/mol. The van der Waals surface area contributed by atoms with Crippen molar-refractivity contribution in [2.75, 3.05) is 14.2 Å². The quantitative estimate of drug-likeness (QED) is 0.301. The van der Waals surface area contributed by atoms with Crippen LogP contribution in [0.3, 0.4) is 0 Å². The van der Waals surface area contributed by atoms with Crippen LogP contribution in [0.5, 0.6) is 23.0 Å². The van der Waals surface area contributed by atoms with Gasteiger partial charge in [-0.3, -0.25) is 0 Å². The lowest BCUT2D eigenvalue weighted by molar-refractivity contribution is 0.230. The van der Waals surface area contributed by atoms with E-state index in [1.54, 1.807) is 20.3 Å². The Morgan fingerprint density at radius 3 is 2.15 bits per heavy atom. The summed E-state index contributed by atoms with van der Waals surface area (Å²) in [5, 5.41) is 1.62. The van der Waals surface area contributed by atoms with Crippen molar-refractivity contribution in [2.24, 2.45) is 0 Å². The fraction of sp³-hybridized carbons (Fsp3) is 0.370. The van der Waals surface area contributed by atoms with Gasteiger partial charge in [-0.05, 0) is 63.9 Å². The topological polar surface area (TPSA) is 72.1 Å². The van der Waals surface area contributed by atoms with E-state index < -0.39 is 0 Å². The highest BCUT2D eigenvalue weighted by Gasteiger charge is 2.17. The van der Waals surface area contributed by atoms with Gasteiger partial charge >= 0.3 is 5.63 Å². The molecule has 2 heterocycles.